The van der Waals surface area contributed by atoms with Gasteiger partial charge in [0.15, 0.2) is 0 Å². The standard InChI is InChI=1S/C12H16N4O/c1-4-16(3)12-14-11(17-15-12)10-6-5-9(13)7-8(10)2/h5-7H,4,13H2,1-3H3. The minimum Gasteiger partial charge on any atom is -0.399 e. The van der Waals surface area contributed by atoms with Gasteiger partial charge in [0.25, 0.3) is 11.8 Å². The van der Waals surface area contributed by atoms with E-state index in [1.165, 1.54) is 0 Å². The molecule has 2 N–H and O–H groups in total. The van der Waals surface area contributed by atoms with Crippen molar-refractivity contribution in [3.05, 3.63) is 23.8 Å². The highest BCUT2D eigenvalue weighted by Gasteiger charge is 2.12. The lowest BCUT2D eigenvalue weighted by molar-refractivity contribution is 0.430. The Bertz CT molecular complexity index is 521. The fourth-order valence-corrected chi connectivity index (χ4v) is 1.55. The molecule has 2 rings (SSSR count). The molecule has 5 heteroatoms. The Morgan fingerprint density at radius 1 is 1.41 bits per heavy atom. The van der Waals surface area contributed by atoms with Crippen molar-refractivity contribution in [3.8, 4) is 11.5 Å². The number of nitrogens with two attached hydrogens (primary N) is 1. The molecule has 1 aromatic carbocycles. The molecule has 0 unspecified atom stereocenters. The maximum Gasteiger partial charge on any atom is 0.266 e. The van der Waals surface area contributed by atoms with Crippen molar-refractivity contribution in [1.82, 2.24) is 10.1 Å². The highest BCUT2D eigenvalue weighted by Crippen LogP contribution is 2.24. The second-order valence-electron chi connectivity index (χ2n) is 3.99. The third-order valence-corrected chi connectivity index (χ3v) is 2.71. The number of benzene rings is 1. The second kappa shape index (κ2) is 4.45. The third-order valence-electron chi connectivity index (χ3n) is 2.71. The number of aromatic nitrogens is 2. The summed E-state index contributed by atoms with van der Waals surface area (Å²) in [5, 5.41) is 3.94. The van der Waals surface area contributed by atoms with Crippen LogP contribution in [-0.2, 0) is 0 Å². The maximum absolute atomic E-state index is 5.71. The predicted molar refractivity (Wildman–Crippen MR) is 67.8 cm³/mol. The van der Waals surface area contributed by atoms with Crippen LogP contribution in [0, 0.1) is 6.92 Å². The number of nitrogens with zero attached hydrogens (tertiary/aromatic N) is 3. The van der Waals surface area contributed by atoms with E-state index in [2.05, 4.69) is 10.1 Å². The Morgan fingerprint density at radius 2 is 2.18 bits per heavy atom. The largest absolute Gasteiger partial charge is 0.399 e. The first-order chi connectivity index (χ1) is 8.11. The molecule has 1 aromatic heterocycles. The molecule has 0 bridgehead atoms. The van der Waals surface area contributed by atoms with E-state index in [0.717, 1.165) is 23.4 Å². The number of aryl methyl sites for hydroxylation is 1. The van der Waals surface area contributed by atoms with Gasteiger partial charge in [0.2, 0.25) is 0 Å². The van der Waals surface area contributed by atoms with Crippen molar-refractivity contribution in [2.75, 3.05) is 24.2 Å². The van der Waals surface area contributed by atoms with Crippen molar-refractivity contribution in [3.63, 3.8) is 0 Å². The zero-order chi connectivity index (χ0) is 12.4. The fraction of sp³-hybridized carbons (Fsp3) is 0.333. The molecule has 17 heavy (non-hydrogen) atoms. The van der Waals surface area contributed by atoms with Crippen molar-refractivity contribution in [2.24, 2.45) is 0 Å². The first-order valence-electron chi connectivity index (χ1n) is 5.53. The van der Waals surface area contributed by atoms with Crippen molar-refractivity contribution in [1.29, 1.82) is 0 Å². The molecule has 0 aliphatic heterocycles. The van der Waals surface area contributed by atoms with Gasteiger partial charge in [-0.2, -0.15) is 4.98 Å². The molecule has 1 heterocycles. The van der Waals surface area contributed by atoms with Gasteiger partial charge >= 0.3 is 0 Å². The second-order valence-corrected chi connectivity index (χ2v) is 3.99. The first kappa shape index (κ1) is 11.4. The smallest absolute Gasteiger partial charge is 0.266 e. The van der Waals surface area contributed by atoms with Gasteiger partial charge in [-0.1, -0.05) is 0 Å². The van der Waals surface area contributed by atoms with E-state index >= 15 is 0 Å². The Labute approximate surface area is 100 Å². The van der Waals surface area contributed by atoms with Crippen LogP contribution >= 0.6 is 0 Å². The molecule has 0 aliphatic rings. The van der Waals surface area contributed by atoms with Crippen molar-refractivity contribution < 1.29 is 4.52 Å². The molecule has 90 valence electrons. The third kappa shape index (κ3) is 2.22. The van der Waals surface area contributed by atoms with Crippen LogP contribution < -0.4 is 10.6 Å². The summed E-state index contributed by atoms with van der Waals surface area (Å²) in [5.41, 5.74) is 8.38. The van der Waals surface area contributed by atoms with Crippen LogP contribution in [0.2, 0.25) is 0 Å². The summed E-state index contributed by atoms with van der Waals surface area (Å²) in [6.07, 6.45) is 0. The fourth-order valence-electron chi connectivity index (χ4n) is 1.55. The van der Waals surface area contributed by atoms with E-state index in [0.29, 0.717) is 11.8 Å². The molecule has 0 spiro atoms. The average Bonchev–Trinajstić information content (AvgIpc) is 2.77. The van der Waals surface area contributed by atoms with Gasteiger partial charge in [0.05, 0.1) is 0 Å². The number of nitrogen functional groups attached to an aromatic ring is 1. The van der Waals surface area contributed by atoms with Gasteiger partial charge in [-0.05, 0) is 42.8 Å². The van der Waals surface area contributed by atoms with Gasteiger partial charge in [-0.25, -0.2) is 0 Å². The molecule has 0 radical (unpaired) electrons. The Balaban J connectivity index is 2.37. The summed E-state index contributed by atoms with van der Waals surface area (Å²) in [7, 11) is 1.92. The normalized spacial score (nSPS) is 10.5. The SMILES string of the molecule is CCN(C)c1noc(-c2ccc(N)cc2C)n1. The average molecular weight is 232 g/mol. The summed E-state index contributed by atoms with van der Waals surface area (Å²) >= 11 is 0. The zero-order valence-corrected chi connectivity index (χ0v) is 10.3. The minimum absolute atomic E-state index is 0.526. The van der Waals surface area contributed by atoms with E-state index in [1.807, 2.05) is 44.0 Å². The zero-order valence-electron chi connectivity index (χ0n) is 10.3. The van der Waals surface area contributed by atoms with Crippen LogP contribution in [0.15, 0.2) is 22.7 Å². The van der Waals surface area contributed by atoms with E-state index in [1.54, 1.807) is 0 Å². The molecular formula is C12H16N4O. The van der Waals surface area contributed by atoms with Crippen LogP contribution in [-0.4, -0.2) is 23.7 Å². The summed E-state index contributed by atoms with van der Waals surface area (Å²) in [5.74, 6) is 1.12. The van der Waals surface area contributed by atoms with Crippen LogP contribution in [0.25, 0.3) is 11.5 Å². The first-order valence-corrected chi connectivity index (χ1v) is 5.53. The number of hydrogen-bond acceptors (Lipinski definition) is 5. The lowest BCUT2D eigenvalue weighted by atomic mass is 10.1. The maximum atomic E-state index is 5.71. The quantitative estimate of drug-likeness (QED) is 0.820. The minimum atomic E-state index is 0.526. The predicted octanol–water partition coefficient (Wildman–Crippen LogP) is 2.08. The number of rotatable bonds is 3. The van der Waals surface area contributed by atoms with Gasteiger partial charge in [0.1, 0.15) is 0 Å². The summed E-state index contributed by atoms with van der Waals surface area (Å²) in [6, 6.07) is 5.62. The van der Waals surface area contributed by atoms with E-state index < -0.39 is 0 Å². The molecule has 0 atom stereocenters. The Hall–Kier alpha value is -2.04. The summed E-state index contributed by atoms with van der Waals surface area (Å²) < 4.78 is 5.25. The monoisotopic (exact) mass is 232 g/mol. The molecule has 2 aromatic rings. The Kier molecular flexibility index (Phi) is 2.99. The van der Waals surface area contributed by atoms with Crippen LogP contribution in [0.1, 0.15) is 12.5 Å². The lowest BCUT2D eigenvalue weighted by Crippen LogP contribution is -2.16. The Morgan fingerprint density at radius 3 is 2.82 bits per heavy atom. The highest BCUT2D eigenvalue weighted by molar-refractivity contribution is 5.63. The van der Waals surface area contributed by atoms with E-state index in [4.69, 9.17) is 10.3 Å². The van der Waals surface area contributed by atoms with Crippen molar-refractivity contribution >= 4 is 11.6 Å². The summed E-state index contributed by atoms with van der Waals surface area (Å²) in [4.78, 5) is 6.27. The molecule has 0 fully saturated rings. The van der Waals surface area contributed by atoms with Crippen LogP contribution in [0.4, 0.5) is 11.6 Å². The van der Waals surface area contributed by atoms with Gasteiger partial charge in [-0.15, -0.1) is 0 Å². The van der Waals surface area contributed by atoms with Crippen LogP contribution in [0.5, 0.6) is 0 Å². The molecule has 0 aliphatic carbocycles. The summed E-state index contributed by atoms with van der Waals surface area (Å²) in [6.45, 7) is 4.84. The molecule has 0 saturated heterocycles. The van der Waals surface area contributed by atoms with Crippen molar-refractivity contribution in [2.45, 2.75) is 13.8 Å². The topological polar surface area (TPSA) is 68.2 Å². The molecule has 0 amide bonds. The molecular weight excluding hydrogens is 216 g/mol. The van der Waals surface area contributed by atoms with Gasteiger partial charge < -0.3 is 15.2 Å². The molecule has 5 nitrogen and oxygen atoms in total. The van der Waals surface area contributed by atoms with Crippen LogP contribution in [0.3, 0.4) is 0 Å². The lowest BCUT2D eigenvalue weighted by Gasteiger charge is -2.08. The molecule has 0 saturated carbocycles. The van der Waals surface area contributed by atoms with E-state index in [9.17, 15) is 0 Å². The van der Waals surface area contributed by atoms with Gasteiger partial charge in [-0.3, -0.25) is 0 Å². The number of hydrogen-bond donors (Lipinski definition) is 1. The number of anilines is 2. The highest BCUT2D eigenvalue weighted by atomic mass is 16.5. The van der Waals surface area contributed by atoms with E-state index in [-0.39, 0.29) is 0 Å². The van der Waals surface area contributed by atoms with Gasteiger partial charge in [0, 0.05) is 24.8 Å².